The molecule has 0 unspecified atom stereocenters. The molecule has 1 aromatic rings. The van der Waals surface area contributed by atoms with Gasteiger partial charge < -0.3 is 20.7 Å². The number of carbonyl (C=O) groups excluding carboxylic acids is 2. The summed E-state index contributed by atoms with van der Waals surface area (Å²) in [6, 6.07) is 4.92. The van der Waals surface area contributed by atoms with Crippen LogP contribution in [-0.4, -0.2) is 56.6 Å². The zero-order chi connectivity index (χ0) is 17.9. The molecule has 0 radical (unpaired) electrons. The molecule has 2 aliphatic heterocycles. The van der Waals surface area contributed by atoms with Gasteiger partial charge in [0, 0.05) is 37.3 Å². The lowest BCUT2D eigenvalue weighted by Gasteiger charge is -2.48. The van der Waals surface area contributed by atoms with Gasteiger partial charge in [-0.1, -0.05) is 11.8 Å². The van der Waals surface area contributed by atoms with Gasteiger partial charge in [-0.2, -0.15) is 0 Å². The number of carbonyl (C=O) groups is 2. The molecular weight excluding hydrogens is 389 g/mol. The summed E-state index contributed by atoms with van der Waals surface area (Å²) in [5.41, 5.74) is 7.17. The fraction of sp³-hybridized carbons (Fsp3) is 0.474. The summed E-state index contributed by atoms with van der Waals surface area (Å²) in [5.74, 6) is 5.10. The first-order valence-corrected chi connectivity index (χ1v) is 8.50. The molecule has 2 fully saturated rings. The van der Waals surface area contributed by atoms with Gasteiger partial charge in [0.25, 0.3) is 5.91 Å². The van der Waals surface area contributed by atoms with Crippen molar-refractivity contribution in [1.82, 2.24) is 10.2 Å². The van der Waals surface area contributed by atoms with Crippen LogP contribution < -0.4 is 11.1 Å². The second kappa shape index (κ2) is 9.95. The molecular formula is C19H25Cl2N3O3. The lowest BCUT2D eigenvalue weighted by molar-refractivity contribution is 0.0414. The highest BCUT2D eigenvalue weighted by molar-refractivity contribution is 5.98. The standard InChI is InChI=1S/C19H23N3O3.2ClH/c1-25-18(24)16-5-4-15(11-14(16)3-2-8-20)17(23)22-9-6-19(7-10-22)12-21-13-19;;/h4-5,11,21H,6-10,12-13,20H2,1H3;2*1H. The normalized spacial score (nSPS) is 16.7. The van der Waals surface area contributed by atoms with E-state index in [9.17, 15) is 9.59 Å². The van der Waals surface area contributed by atoms with Gasteiger partial charge in [-0.25, -0.2) is 4.79 Å². The number of nitrogens with one attached hydrogen (secondary N) is 1. The van der Waals surface area contributed by atoms with E-state index in [1.54, 1.807) is 18.2 Å². The average molecular weight is 414 g/mol. The van der Waals surface area contributed by atoms with Crippen molar-refractivity contribution in [2.75, 3.05) is 39.8 Å². The Balaban J connectivity index is 0.00000182. The van der Waals surface area contributed by atoms with Crippen LogP contribution in [0.15, 0.2) is 18.2 Å². The molecule has 8 heteroatoms. The van der Waals surface area contributed by atoms with Crippen LogP contribution in [0.5, 0.6) is 0 Å². The van der Waals surface area contributed by atoms with Crippen molar-refractivity contribution in [2.45, 2.75) is 12.8 Å². The molecule has 2 saturated heterocycles. The smallest absolute Gasteiger partial charge is 0.339 e. The number of amides is 1. The molecule has 1 spiro atoms. The van der Waals surface area contributed by atoms with Crippen LogP contribution in [0, 0.1) is 17.3 Å². The molecule has 2 aliphatic rings. The molecule has 0 saturated carbocycles. The summed E-state index contributed by atoms with van der Waals surface area (Å²) in [4.78, 5) is 26.6. The Kier molecular flexibility index (Phi) is 8.58. The van der Waals surface area contributed by atoms with Crippen LogP contribution in [0.1, 0.15) is 39.1 Å². The monoisotopic (exact) mass is 413 g/mol. The van der Waals surface area contributed by atoms with Crippen molar-refractivity contribution in [3.8, 4) is 11.8 Å². The molecule has 0 aromatic heterocycles. The Morgan fingerprint density at radius 2 is 1.93 bits per heavy atom. The van der Waals surface area contributed by atoms with Gasteiger partial charge in [0.2, 0.25) is 0 Å². The first-order valence-electron chi connectivity index (χ1n) is 8.50. The Labute approximate surface area is 172 Å². The molecule has 2 heterocycles. The average Bonchev–Trinajstić information content (AvgIpc) is 2.63. The number of esters is 1. The number of nitrogens with zero attached hydrogens (tertiary/aromatic N) is 1. The molecule has 27 heavy (non-hydrogen) atoms. The van der Waals surface area contributed by atoms with E-state index >= 15 is 0 Å². The number of hydrogen-bond acceptors (Lipinski definition) is 5. The summed E-state index contributed by atoms with van der Waals surface area (Å²) in [7, 11) is 1.32. The largest absolute Gasteiger partial charge is 0.465 e. The zero-order valence-electron chi connectivity index (χ0n) is 15.2. The van der Waals surface area contributed by atoms with E-state index in [1.807, 2.05) is 4.90 Å². The second-order valence-electron chi connectivity index (χ2n) is 6.65. The number of benzene rings is 1. The zero-order valence-corrected chi connectivity index (χ0v) is 16.9. The van der Waals surface area contributed by atoms with Crippen molar-refractivity contribution in [2.24, 2.45) is 11.1 Å². The Bertz CT molecular complexity index is 744. The molecule has 3 N–H and O–H groups in total. The van der Waals surface area contributed by atoms with E-state index in [0.717, 1.165) is 39.0 Å². The highest BCUT2D eigenvalue weighted by Gasteiger charge is 2.40. The summed E-state index contributed by atoms with van der Waals surface area (Å²) in [5, 5.41) is 3.32. The van der Waals surface area contributed by atoms with Crippen LogP contribution >= 0.6 is 24.8 Å². The molecule has 148 valence electrons. The number of piperidine rings is 1. The first kappa shape index (κ1) is 23.3. The van der Waals surface area contributed by atoms with E-state index in [-0.39, 0.29) is 37.3 Å². The van der Waals surface area contributed by atoms with Gasteiger partial charge in [0.05, 0.1) is 19.2 Å². The number of halogens is 2. The maximum Gasteiger partial charge on any atom is 0.339 e. The lowest BCUT2D eigenvalue weighted by Crippen LogP contribution is -2.58. The SMILES string of the molecule is COC(=O)c1ccc(C(=O)N2CCC3(CC2)CNC3)cc1C#CCN.Cl.Cl. The highest BCUT2D eigenvalue weighted by Crippen LogP contribution is 2.35. The van der Waals surface area contributed by atoms with E-state index in [0.29, 0.717) is 22.1 Å². The number of rotatable bonds is 2. The van der Waals surface area contributed by atoms with Gasteiger partial charge in [-0.05, 0) is 36.5 Å². The Morgan fingerprint density at radius 1 is 1.26 bits per heavy atom. The van der Waals surface area contributed by atoms with Crippen LogP contribution in [0.25, 0.3) is 0 Å². The number of ether oxygens (including phenoxy) is 1. The summed E-state index contributed by atoms with van der Waals surface area (Å²) in [6.07, 6.45) is 2.07. The number of likely N-dealkylation sites (tertiary alicyclic amines) is 1. The Hall–Kier alpha value is -1.78. The third-order valence-electron chi connectivity index (χ3n) is 5.11. The van der Waals surface area contributed by atoms with Gasteiger partial charge in [-0.15, -0.1) is 24.8 Å². The van der Waals surface area contributed by atoms with Crippen LogP contribution in [0.4, 0.5) is 0 Å². The Morgan fingerprint density at radius 3 is 2.44 bits per heavy atom. The minimum atomic E-state index is -0.474. The molecule has 6 nitrogen and oxygen atoms in total. The molecule has 1 aromatic carbocycles. The third-order valence-corrected chi connectivity index (χ3v) is 5.11. The number of methoxy groups -OCH3 is 1. The number of nitrogens with two attached hydrogens (primary N) is 1. The summed E-state index contributed by atoms with van der Waals surface area (Å²) in [6.45, 7) is 3.83. The lowest BCUT2D eigenvalue weighted by atomic mass is 9.73. The van der Waals surface area contributed by atoms with E-state index < -0.39 is 5.97 Å². The number of hydrogen-bond donors (Lipinski definition) is 2. The minimum Gasteiger partial charge on any atom is -0.465 e. The molecule has 1 amide bonds. The van der Waals surface area contributed by atoms with Crippen LogP contribution in [0.3, 0.4) is 0 Å². The van der Waals surface area contributed by atoms with Crippen LogP contribution in [-0.2, 0) is 4.74 Å². The fourth-order valence-corrected chi connectivity index (χ4v) is 3.41. The second-order valence-corrected chi connectivity index (χ2v) is 6.65. The topological polar surface area (TPSA) is 84.7 Å². The third kappa shape index (κ3) is 4.94. The highest BCUT2D eigenvalue weighted by atomic mass is 35.5. The first-order chi connectivity index (χ1) is 12.1. The van der Waals surface area contributed by atoms with Crippen molar-refractivity contribution < 1.29 is 14.3 Å². The molecule has 3 rings (SSSR count). The fourth-order valence-electron chi connectivity index (χ4n) is 3.41. The van der Waals surface area contributed by atoms with Crippen molar-refractivity contribution in [3.63, 3.8) is 0 Å². The maximum atomic E-state index is 12.8. The molecule has 0 atom stereocenters. The van der Waals surface area contributed by atoms with Gasteiger partial charge in [-0.3, -0.25) is 4.79 Å². The van der Waals surface area contributed by atoms with Crippen molar-refractivity contribution in [1.29, 1.82) is 0 Å². The molecule has 0 bridgehead atoms. The van der Waals surface area contributed by atoms with Crippen molar-refractivity contribution >= 4 is 36.7 Å². The summed E-state index contributed by atoms with van der Waals surface area (Å²) >= 11 is 0. The minimum absolute atomic E-state index is 0. The van der Waals surface area contributed by atoms with E-state index in [1.165, 1.54) is 7.11 Å². The van der Waals surface area contributed by atoms with Gasteiger partial charge >= 0.3 is 5.97 Å². The van der Waals surface area contributed by atoms with Crippen LogP contribution in [0.2, 0.25) is 0 Å². The summed E-state index contributed by atoms with van der Waals surface area (Å²) < 4.78 is 4.78. The van der Waals surface area contributed by atoms with Crippen molar-refractivity contribution in [3.05, 3.63) is 34.9 Å². The van der Waals surface area contributed by atoms with E-state index in [4.69, 9.17) is 10.5 Å². The molecule has 0 aliphatic carbocycles. The predicted molar refractivity (Wildman–Crippen MR) is 109 cm³/mol. The maximum absolute atomic E-state index is 12.8. The quantitative estimate of drug-likeness (QED) is 0.566. The predicted octanol–water partition coefficient (Wildman–Crippen LogP) is 1.45. The van der Waals surface area contributed by atoms with Gasteiger partial charge in [0.1, 0.15) is 0 Å². The van der Waals surface area contributed by atoms with Gasteiger partial charge in [0.15, 0.2) is 0 Å². The van der Waals surface area contributed by atoms with E-state index in [2.05, 4.69) is 17.2 Å².